The van der Waals surface area contributed by atoms with E-state index >= 15 is 0 Å². The van der Waals surface area contributed by atoms with Gasteiger partial charge >= 0.3 is 0 Å². The summed E-state index contributed by atoms with van der Waals surface area (Å²) in [5.41, 5.74) is 3.52. The maximum Gasteiger partial charge on any atom is 0.193 e. The Labute approximate surface area is 195 Å². The highest BCUT2D eigenvalue weighted by Gasteiger charge is 2.19. The van der Waals surface area contributed by atoms with Gasteiger partial charge in [0.25, 0.3) is 0 Å². The molecule has 3 aromatic rings. The number of halogens is 1. The summed E-state index contributed by atoms with van der Waals surface area (Å²) in [5, 5.41) is 12.0. The van der Waals surface area contributed by atoms with Crippen molar-refractivity contribution >= 4 is 41.3 Å². The fourth-order valence-electron chi connectivity index (χ4n) is 3.84. The van der Waals surface area contributed by atoms with Crippen LogP contribution in [0.1, 0.15) is 17.8 Å². The molecule has 8 heteroatoms. The van der Waals surface area contributed by atoms with Gasteiger partial charge in [0.15, 0.2) is 11.6 Å². The first-order valence-corrected chi connectivity index (χ1v) is 10.3. The minimum atomic E-state index is 0. The molecule has 0 atom stereocenters. The summed E-state index contributed by atoms with van der Waals surface area (Å²) in [5.74, 6) is 1.99. The van der Waals surface area contributed by atoms with E-state index in [4.69, 9.17) is 0 Å². The molecular weight excluding hydrogens is 489 g/mol. The fraction of sp³-hybridized carbons (Fsp3) is 0.409. The normalized spacial score (nSPS) is 14.7. The van der Waals surface area contributed by atoms with Gasteiger partial charge in [-0.2, -0.15) is 0 Å². The number of rotatable bonds is 5. The van der Waals surface area contributed by atoms with E-state index in [1.165, 1.54) is 11.3 Å². The van der Waals surface area contributed by atoms with Crippen molar-refractivity contribution in [3.8, 4) is 0 Å². The lowest BCUT2D eigenvalue weighted by Crippen LogP contribution is -2.52. The van der Waals surface area contributed by atoms with Gasteiger partial charge in [-0.3, -0.25) is 9.39 Å². The van der Waals surface area contributed by atoms with Gasteiger partial charge in [-0.1, -0.05) is 18.2 Å². The topological polar surface area (TPSA) is 61.1 Å². The lowest BCUT2D eigenvalue weighted by atomic mass is 10.2. The van der Waals surface area contributed by atoms with E-state index in [2.05, 4.69) is 65.9 Å². The zero-order valence-electron chi connectivity index (χ0n) is 17.7. The summed E-state index contributed by atoms with van der Waals surface area (Å²) < 4.78 is 2.05. The van der Waals surface area contributed by atoms with Gasteiger partial charge in [-0.05, 0) is 43.2 Å². The van der Waals surface area contributed by atoms with Gasteiger partial charge in [0.1, 0.15) is 5.82 Å². The van der Waals surface area contributed by atoms with Crippen LogP contribution in [0.2, 0.25) is 0 Å². The largest absolute Gasteiger partial charge is 0.368 e. The van der Waals surface area contributed by atoms with Crippen molar-refractivity contribution in [1.82, 2.24) is 24.8 Å². The van der Waals surface area contributed by atoms with Crippen LogP contribution in [0, 0.1) is 6.92 Å². The quantitative estimate of drug-likeness (QED) is 0.243. The number of aromatic nitrogens is 3. The average Bonchev–Trinajstić information content (AvgIpc) is 3.17. The monoisotopic (exact) mass is 519 g/mol. The summed E-state index contributed by atoms with van der Waals surface area (Å²) in [6.45, 7) is 6.98. The van der Waals surface area contributed by atoms with Crippen LogP contribution >= 0.6 is 24.0 Å². The molecule has 1 aliphatic rings. The van der Waals surface area contributed by atoms with E-state index in [1.54, 1.807) is 0 Å². The average molecular weight is 519 g/mol. The van der Waals surface area contributed by atoms with Crippen LogP contribution in [0.5, 0.6) is 0 Å². The molecule has 160 valence electrons. The molecule has 1 aromatic carbocycles. The number of fused-ring (bicyclic) bond motifs is 1. The molecule has 0 saturated carbocycles. The summed E-state index contributed by atoms with van der Waals surface area (Å²) in [7, 11) is 1.86. The van der Waals surface area contributed by atoms with Gasteiger partial charge < -0.3 is 15.1 Å². The number of hydrogen-bond acceptors (Lipinski definition) is 4. The summed E-state index contributed by atoms with van der Waals surface area (Å²) in [4.78, 5) is 9.29. The van der Waals surface area contributed by atoms with Crippen LogP contribution < -0.4 is 10.2 Å². The molecule has 1 N–H and O–H groups in total. The van der Waals surface area contributed by atoms with Crippen LogP contribution in [-0.4, -0.2) is 65.2 Å². The highest BCUT2D eigenvalue weighted by molar-refractivity contribution is 14.0. The maximum atomic E-state index is 4.49. The third-order valence-electron chi connectivity index (χ3n) is 5.40. The third kappa shape index (κ3) is 5.21. The molecule has 1 aliphatic heterocycles. The Morgan fingerprint density at radius 3 is 2.67 bits per heavy atom. The van der Waals surface area contributed by atoms with Crippen LogP contribution in [0.15, 0.2) is 53.7 Å². The Balaban J connectivity index is 0.00000256. The molecule has 1 saturated heterocycles. The SMILES string of the molecule is CN=C(NCCCc1nnc2ccccn12)N1CCN(c2cccc(C)c2)CC1.I. The van der Waals surface area contributed by atoms with Crippen LogP contribution in [-0.2, 0) is 6.42 Å². The van der Waals surface area contributed by atoms with Gasteiger partial charge in [0.05, 0.1) is 0 Å². The molecule has 0 unspecified atom stereocenters. The first kappa shape index (κ1) is 22.3. The lowest BCUT2D eigenvalue weighted by molar-refractivity contribution is 0.372. The van der Waals surface area contributed by atoms with Crippen molar-refractivity contribution in [2.75, 3.05) is 44.7 Å². The molecule has 1 fully saturated rings. The minimum Gasteiger partial charge on any atom is -0.368 e. The van der Waals surface area contributed by atoms with Crippen molar-refractivity contribution in [2.45, 2.75) is 19.8 Å². The van der Waals surface area contributed by atoms with Crippen LogP contribution in [0.4, 0.5) is 5.69 Å². The van der Waals surface area contributed by atoms with Crippen LogP contribution in [0.25, 0.3) is 5.65 Å². The first-order valence-electron chi connectivity index (χ1n) is 10.3. The molecule has 4 rings (SSSR count). The number of guanidine groups is 1. The predicted octanol–water partition coefficient (Wildman–Crippen LogP) is 2.99. The zero-order chi connectivity index (χ0) is 20.1. The molecule has 0 aliphatic carbocycles. The lowest BCUT2D eigenvalue weighted by Gasteiger charge is -2.37. The van der Waals surface area contributed by atoms with Gasteiger partial charge in [0.2, 0.25) is 0 Å². The molecule has 30 heavy (non-hydrogen) atoms. The molecule has 3 heterocycles. The van der Waals surface area contributed by atoms with Crippen molar-refractivity contribution in [1.29, 1.82) is 0 Å². The number of benzene rings is 1. The first-order chi connectivity index (χ1) is 14.2. The van der Waals surface area contributed by atoms with Gasteiger partial charge in [-0.25, -0.2) is 0 Å². The smallest absolute Gasteiger partial charge is 0.193 e. The third-order valence-corrected chi connectivity index (χ3v) is 5.40. The fourth-order valence-corrected chi connectivity index (χ4v) is 3.84. The van der Waals surface area contributed by atoms with E-state index in [0.717, 1.165) is 63.0 Å². The van der Waals surface area contributed by atoms with Crippen LogP contribution in [0.3, 0.4) is 0 Å². The molecule has 0 bridgehead atoms. The van der Waals surface area contributed by atoms with E-state index in [1.807, 2.05) is 31.4 Å². The Kier molecular flexibility index (Phi) is 7.89. The number of nitrogens with zero attached hydrogens (tertiary/aromatic N) is 6. The van der Waals surface area contributed by atoms with Gasteiger partial charge in [-0.15, -0.1) is 34.2 Å². The Morgan fingerprint density at radius 2 is 1.90 bits per heavy atom. The number of nitrogens with one attached hydrogen (secondary N) is 1. The number of pyridine rings is 1. The summed E-state index contributed by atoms with van der Waals surface area (Å²) in [6.07, 6.45) is 3.89. The Hall–Kier alpha value is -2.36. The van der Waals surface area contributed by atoms with Crippen molar-refractivity contribution in [2.24, 2.45) is 4.99 Å². The predicted molar refractivity (Wildman–Crippen MR) is 133 cm³/mol. The molecule has 0 amide bonds. The number of aryl methyl sites for hydroxylation is 2. The second kappa shape index (κ2) is 10.6. The second-order valence-corrected chi connectivity index (χ2v) is 7.44. The Morgan fingerprint density at radius 1 is 1.07 bits per heavy atom. The number of aliphatic imine (C=N–C) groups is 1. The summed E-state index contributed by atoms with van der Waals surface area (Å²) in [6, 6.07) is 14.7. The summed E-state index contributed by atoms with van der Waals surface area (Å²) >= 11 is 0. The molecule has 7 nitrogen and oxygen atoms in total. The molecule has 0 spiro atoms. The molecule has 2 aromatic heterocycles. The number of anilines is 1. The molecular formula is C22H30IN7. The maximum absolute atomic E-state index is 4.49. The minimum absolute atomic E-state index is 0. The van der Waals surface area contributed by atoms with Crippen molar-refractivity contribution in [3.63, 3.8) is 0 Å². The van der Waals surface area contributed by atoms with E-state index < -0.39 is 0 Å². The Bertz CT molecular complexity index is 976. The van der Waals surface area contributed by atoms with E-state index in [-0.39, 0.29) is 24.0 Å². The zero-order valence-corrected chi connectivity index (χ0v) is 20.0. The van der Waals surface area contributed by atoms with Crippen molar-refractivity contribution < 1.29 is 0 Å². The van der Waals surface area contributed by atoms with E-state index in [9.17, 15) is 0 Å². The standard InChI is InChI=1S/C22H29N7.HI/c1-18-7-5-8-19(17-18)27-13-15-28(16-14-27)22(23-2)24-11-6-10-21-26-25-20-9-3-4-12-29(20)21;/h3-5,7-9,12,17H,6,10-11,13-16H2,1-2H3,(H,23,24);1H. The highest BCUT2D eigenvalue weighted by atomic mass is 127. The second-order valence-electron chi connectivity index (χ2n) is 7.44. The highest BCUT2D eigenvalue weighted by Crippen LogP contribution is 2.17. The van der Waals surface area contributed by atoms with Crippen molar-refractivity contribution in [3.05, 3.63) is 60.0 Å². The van der Waals surface area contributed by atoms with Gasteiger partial charge in [0, 0.05) is 58.1 Å². The van der Waals surface area contributed by atoms with E-state index in [0.29, 0.717) is 0 Å². The number of hydrogen-bond donors (Lipinski definition) is 1. The number of piperazine rings is 1. The molecule has 0 radical (unpaired) electrons.